The van der Waals surface area contributed by atoms with Crippen LogP contribution in [0.3, 0.4) is 0 Å². The number of carbonyl (C=O) groups excluding carboxylic acids is 1. The summed E-state index contributed by atoms with van der Waals surface area (Å²) in [5.41, 5.74) is 0.877. The molecule has 0 saturated carbocycles. The molecule has 2 aromatic rings. The van der Waals surface area contributed by atoms with Gasteiger partial charge in [0.05, 0.1) is 4.90 Å². The normalized spacial score (nSPS) is 18.1. The highest BCUT2D eigenvalue weighted by Crippen LogP contribution is 2.26. The molecule has 3 rings (SSSR count). The van der Waals surface area contributed by atoms with Gasteiger partial charge in [0.15, 0.2) is 9.84 Å². The van der Waals surface area contributed by atoms with Gasteiger partial charge >= 0.3 is 5.69 Å². The van der Waals surface area contributed by atoms with Gasteiger partial charge in [0.2, 0.25) is 0 Å². The molecule has 2 N–H and O–H groups in total. The van der Waals surface area contributed by atoms with E-state index in [9.17, 15) is 18.0 Å². The fourth-order valence-corrected chi connectivity index (χ4v) is 3.97. The Morgan fingerprint density at radius 2 is 2.15 bits per heavy atom. The molecular weight excluding hydrogens is 356 g/mol. The van der Waals surface area contributed by atoms with Gasteiger partial charge in [0.25, 0.3) is 5.91 Å². The number of sulfone groups is 1. The van der Waals surface area contributed by atoms with Crippen LogP contribution in [0.5, 0.6) is 0 Å². The Hall–Kier alpha value is -2.42. The van der Waals surface area contributed by atoms with Crippen molar-refractivity contribution in [3.8, 4) is 0 Å². The maximum atomic E-state index is 13.1. The van der Waals surface area contributed by atoms with Gasteiger partial charge < -0.3 is 4.90 Å². The summed E-state index contributed by atoms with van der Waals surface area (Å²) in [5.74, 6) is 0.317. The molecule has 0 bridgehead atoms. The molecule has 1 amide bonds. The summed E-state index contributed by atoms with van der Waals surface area (Å²) >= 11 is 0. The van der Waals surface area contributed by atoms with E-state index >= 15 is 0 Å². The summed E-state index contributed by atoms with van der Waals surface area (Å²) in [6.07, 6.45) is 3.38. The highest BCUT2D eigenvalue weighted by Gasteiger charge is 2.28. The number of rotatable bonds is 4. The molecule has 1 aliphatic heterocycles. The number of piperidine rings is 1. The Kier molecular flexibility index (Phi) is 4.99. The summed E-state index contributed by atoms with van der Waals surface area (Å²) in [6, 6.07) is 4.71. The van der Waals surface area contributed by atoms with Crippen molar-refractivity contribution < 1.29 is 13.2 Å². The SMILES string of the molecule is CCc1ccc(S(C)(=O)=O)cc1C(=O)N1CCCC(c2n[nH]c(=O)[nH]2)C1. The van der Waals surface area contributed by atoms with Crippen LogP contribution < -0.4 is 5.69 Å². The molecule has 1 aromatic carbocycles. The number of aromatic amines is 2. The van der Waals surface area contributed by atoms with Gasteiger partial charge in [-0.15, -0.1) is 0 Å². The molecule has 0 radical (unpaired) electrons. The van der Waals surface area contributed by atoms with E-state index in [-0.39, 0.29) is 22.4 Å². The number of nitrogens with zero attached hydrogens (tertiary/aromatic N) is 2. The van der Waals surface area contributed by atoms with Gasteiger partial charge in [-0.1, -0.05) is 13.0 Å². The Morgan fingerprint density at radius 3 is 2.77 bits per heavy atom. The minimum atomic E-state index is -3.39. The van der Waals surface area contributed by atoms with Crippen LogP contribution in [0.4, 0.5) is 0 Å². The van der Waals surface area contributed by atoms with E-state index in [0.717, 1.165) is 24.7 Å². The van der Waals surface area contributed by atoms with Gasteiger partial charge in [-0.05, 0) is 37.0 Å². The van der Waals surface area contributed by atoms with E-state index in [1.807, 2.05) is 6.92 Å². The predicted octanol–water partition coefficient (Wildman–Crippen LogP) is 1.08. The lowest BCUT2D eigenvalue weighted by molar-refractivity contribution is 0.0703. The summed E-state index contributed by atoms with van der Waals surface area (Å²) in [7, 11) is -3.39. The largest absolute Gasteiger partial charge is 0.340 e. The van der Waals surface area contributed by atoms with Crippen LogP contribution in [-0.2, 0) is 16.3 Å². The molecule has 1 aromatic heterocycles. The fraction of sp³-hybridized carbons (Fsp3) is 0.471. The van der Waals surface area contributed by atoms with Crippen LogP contribution in [-0.4, -0.2) is 53.8 Å². The summed E-state index contributed by atoms with van der Waals surface area (Å²) < 4.78 is 23.7. The van der Waals surface area contributed by atoms with E-state index in [0.29, 0.717) is 30.9 Å². The average molecular weight is 378 g/mol. The zero-order valence-corrected chi connectivity index (χ0v) is 15.6. The number of nitrogens with one attached hydrogen (secondary N) is 2. The maximum Gasteiger partial charge on any atom is 0.340 e. The van der Waals surface area contributed by atoms with E-state index in [2.05, 4.69) is 15.2 Å². The molecule has 8 nitrogen and oxygen atoms in total. The zero-order chi connectivity index (χ0) is 18.9. The van der Waals surface area contributed by atoms with Gasteiger partial charge in [0, 0.05) is 30.8 Å². The highest BCUT2D eigenvalue weighted by atomic mass is 32.2. The first kappa shape index (κ1) is 18.4. The summed E-state index contributed by atoms with van der Waals surface area (Å²) in [4.78, 5) is 28.9. The molecule has 1 saturated heterocycles. The molecule has 1 aliphatic rings. The summed E-state index contributed by atoms with van der Waals surface area (Å²) in [6.45, 7) is 2.96. The number of likely N-dealkylation sites (tertiary alicyclic amines) is 1. The quantitative estimate of drug-likeness (QED) is 0.826. The second-order valence-electron chi connectivity index (χ2n) is 6.60. The Morgan fingerprint density at radius 1 is 1.38 bits per heavy atom. The highest BCUT2D eigenvalue weighted by molar-refractivity contribution is 7.90. The second-order valence-corrected chi connectivity index (χ2v) is 8.61. The lowest BCUT2D eigenvalue weighted by Crippen LogP contribution is -2.39. The smallest absolute Gasteiger partial charge is 0.338 e. The Bertz CT molecular complexity index is 977. The zero-order valence-electron chi connectivity index (χ0n) is 14.8. The van der Waals surface area contributed by atoms with E-state index in [1.165, 1.54) is 6.07 Å². The maximum absolute atomic E-state index is 13.1. The van der Waals surface area contributed by atoms with Crippen LogP contribution in [0.15, 0.2) is 27.9 Å². The Labute approximate surface area is 151 Å². The molecule has 2 heterocycles. The molecule has 9 heteroatoms. The molecule has 26 heavy (non-hydrogen) atoms. The van der Waals surface area contributed by atoms with Crippen molar-refractivity contribution in [1.29, 1.82) is 0 Å². The molecular formula is C17H22N4O4S. The number of amides is 1. The molecule has 1 fully saturated rings. The van der Waals surface area contributed by atoms with Gasteiger partial charge in [-0.2, -0.15) is 5.10 Å². The molecule has 1 atom stereocenters. The van der Waals surface area contributed by atoms with Crippen molar-refractivity contribution in [2.75, 3.05) is 19.3 Å². The van der Waals surface area contributed by atoms with Crippen molar-refractivity contribution in [3.05, 3.63) is 45.6 Å². The monoisotopic (exact) mass is 378 g/mol. The third kappa shape index (κ3) is 3.72. The van der Waals surface area contributed by atoms with E-state index < -0.39 is 9.84 Å². The number of aryl methyl sites for hydroxylation is 1. The first-order chi connectivity index (χ1) is 12.3. The van der Waals surface area contributed by atoms with Crippen molar-refractivity contribution >= 4 is 15.7 Å². The first-order valence-corrected chi connectivity index (χ1v) is 10.5. The standard InChI is InChI=1S/C17H22N4O4S/c1-3-11-6-7-13(26(2,24)25)9-14(11)16(22)21-8-4-5-12(10-21)15-18-17(23)20-19-15/h6-7,9,12H,3-5,8,10H2,1-2H3,(H2,18,19,20,23). The summed E-state index contributed by atoms with van der Waals surface area (Å²) in [5, 5.41) is 6.33. The van der Waals surface area contributed by atoms with Crippen LogP contribution in [0, 0.1) is 0 Å². The Balaban J connectivity index is 1.89. The van der Waals surface area contributed by atoms with Crippen LogP contribution in [0.2, 0.25) is 0 Å². The average Bonchev–Trinajstić information content (AvgIpc) is 3.06. The van der Waals surface area contributed by atoms with E-state index in [1.54, 1.807) is 17.0 Å². The number of hydrogen-bond acceptors (Lipinski definition) is 5. The third-order valence-electron chi connectivity index (χ3n) is 4.74. The van der Waals surface area contributed by atoms with Crippen LogP contribution in [0.25, 0.3) is 0 Å². The van der Waals surface area contributed by atoms with Crippen LogP contribution in [0.1, 0.15) is 47.4 Å². The van der Waals surface area contributed by atoms with Gasteiger partial charge in [0.1, 0.15) is 5.82 Å². The molecule has 0 aliphatic carbocycles. The van der Waals surface area contributed by atoms with Crippen molar-refractivity contribution in [2.45, 2.75) is 37.0 Å². The van der Waals surface area contributed by atoms with Gasteiger partial charge in [-0.25, -0.2) is 18.3 Å². The fourth-order valence-electron chi connectivity index (χ4n) is 3.33. The van der Waals surface area contributed by atoms with Crippen molar-refractivity contribution in [1.82, 2.24) is 20.1 Å². The minimum absolute atomic E-state index is 0.0465. The van der Waals surface area contributed by atoms with Crippen LogP contribution >= 0.6 is 0 Å². The molecule has 140 valence electrons. The van der Waals surface area contributed by atoms with Crippen molar-refractivity contribution in [3.63, 3.8) is 0 Å². The number of benzene rings is 1. The number of carbonyl (C=O) groups is 1. The minimum Gasteiger partial charge on any atom is -0.338 e. The number of H-pyrrole nitrogens is 2. The lowest BCUT2D eigenvalue weighted by atomic mass is 9.96. The van der Waals surface area contributed by atoms with E-state index in [4.69, 9.17) is 0 Å². The number of aromatic nitrogens is 3. The molecule has 1 unspecified atom stereocenters. The molecule has 0 spiro atoms. The first-order valence-electron chi connectivity index (χ1n) is 8.56. The van der Waals surface area contributed by atoms with Crippen molar-refractivity contribution in [2.24, 2.45) is 0 Å². The third-order valence-corrected chi connectivity index (χ3v) is 5.85. The number of hydrogen-bond donors (Lipinski definition) is 2. The topological polar surface area (TPSA) is 116 Å². The second kappa shape index (κ2) is 7.06. The predicted molar refractivity (Wildman–Crippen MR) is 96.0 cm³/mol. The lowest BCUT2D eigenvalue weighted by Gasteiger charge is -2.32. The van der Waals surface area contributed by atoms with Gasteiger partial charge in [-0.3, -0.25) is 9.78 Å².